The number of hydrogen-bond acceptors (Lipinski definition) is 0. The van der Waals surface area contributed by atoms with Crippen molar-refractivity contribution in [3.63, 3.8) is 0 Å². The maximum atomic E-state index is 11.9. The Bertz CT molecular complexity index is 136. The fourth-order valence-corrected chi connectivity index (χ4v) is 0.418. The molecule has 1 aliphatic carbocycles. The molecule has 0 aliphatic heterocycles. The van der Waals surface area contributed by atoms with Gasteiger partial charge in [0.1, 0.15) is 0 Å². The molecular weight excluding hydrogens is 117 g/mol. The topological polar surface area (TPSA) is 0 Å². The molecule has 0 heterocycles. The van der Waals surface area contributed by atoms with Crippen LogP contribution in [0.4, 0.5) is 13.2 Å². The fraction of sp³-hybridized carbons (Fsp3) is 1.00. The Morgan fingerprint density at radius 3 is 2.00 bits per heavy atom. The Morgan fingerprint density at radius 1 is 1.50 bits per heavy atom. The van der Waals surface area contributed by atoms with Gasteiger partial charge < -0.3 is 0 Å². The predicted octanol–water partition coefficient (Wildman–Crippen LogP) is 2.35. The van der Waals surface area contributed by atoms with E-state index in [2.05, 4.69) is 0 Å². The van der Waals surface area contributed by atoms with E-state index in [0.29, 0.717) is 0 Å². The third kappa shape index (κ3) is 0.699. The first-order valence-electron chi connectivity index (χ1n) is 3.47. The summed E-state index contributed by atoms with van der Waals surface area (Å²) >= 11 is 0. The van der Waals surface area contributed by atoms with E-state index in [4.69, 9.17) is 2.74 Å². The number of alkyl halides is 3. The van der Waals surface area contributed by atoms with Crippen molar-refractivity contribution in [2.75, 3.05) is 0 Å². The van der Waals surface area contributed by atoms with Gasteiger partial charge in [-0.2, -0.15) is 13.2 Å². The van der Waals surface area contributed by atoms with Gasteiger partial charge in [-0.25, -0.2) is 0 Å². The third-order valence-electron chi connectivity index (χ3n) is 1.35. The molecule has 1 aliphatic rings. The van der Waals surface area contributed by atoms with E-state index in [9.17, 15) is 13.2 Å². The summed E-state index contributed by atoms with van der Waals surface area (Å²) in [6.45, 7) is -1.76. The van der Waals surface area contributed by atoms with Crippen molar-refractivity contribution < 1.29 is 15.9 Å². The van der Waals surface area contributed by atoms with Crippen molar-refractivity contribution in [1.82, 2.24) is 0 Å². The molecule has 1 fully saturated rings. The minimum atomic E-state index is -4.35. The summed E-state index contributed by atoms with van der Waals surface area (Å²) in [5, 5.41) is 0. The summed E-state index contributed by atoms with van der Waals surface area (Å²) in [6, 6.07) is 0. The Kier molecular flexibility index (Phi) is 0.561. The molecule has 48 valence electrons. The van der Waals surface area contributed by atoms with Crippen molar-refractivity contribution in [2.24, 2.45) is 5.41 Å². The lowest BCUT2D eigenvalue weighted by Crippen LogP contribution is -2.20. The van der Waals surface area contributed by atoms with Gasteiger partial charge in [0, 0.05) is 2.74 Å². The molecule has 0 aromatic carbocycles. The van der Waals surface area contributed by atoms with Crippen molar-refractivity contribution in [1.29, 1.82) is 0 Å². The quantitative estimate of drug-likeness (QED) is 0.467. The van der Waals surface area contributed by atoms with E-state index < -0.39 is 18.5 Å². The lowest BCUT2D eigenvalue weighted by molar-refractivity contribution is -0.181. The van der Waals surface area contributed by atoms with Gasteiger partial charge in [0.15, 0.2) is 0 Å². The average molecular weight is 126 g/mol. The Balaban J connectivity index is 2.70. The predicted molar refractivity (Wildman–Crippen MR) is 23.4 cm³/mol. The highest BCUT2D eigenvalue weighted by molar-refractivity contribution is 4.94. The van der Waals surface area contributed by atoms with Crippen LogP contribution in [0.15, 0.2) is 0 Å². The Hall–Kier alpha value is -0.210. The molecule has 8 heavy (non-hydrogen) atoms. The van der Waals surface area contributed by atoms with Crippen molar-refractivity contribution in [2.45, 2.75) is 25.9 Å². The zero-order valence-corrected chi connectivity index (χ0v) is 4.13. The molecule has 3 heteroatoms. The zero-order chi connectivity index (χ0) is 7.99. The molecule has 0 unspecified atom stereocenters. The molecule has 0 nitrogen and oxygen atoms in total. The van der Waals surface area contributed by atoms with Crippen LogP contribution in [0.1, 0.15) is 22.5 Å². The van der Waals surface area contributed by atoms with Gasteiger partial charge in [-0.15, -0.1) is 0 Å². The SMILES string of the molecule is [2H]C([2H])C1(C(F)(F)F)CC1. The first-order chi connectivity index (χ1) is 4.40. The van der Waals surface area contributed by atoms with E-state index in [1.807, 2.05) is 0 Å². The van der Waals surface area contributed by atoms with Crippen LogP contribution in [0, 0.1) is 5.41 Å². The third-order valence-corrected chi connectivity index (χ3v) is 1.35. The summed E-state index contributed by atoms with van der Waals surface area (Å²) in [7, 11) is 0. The molecule has 0 radical (unpaired) electrons. The second kappa shape index (κ2) is 1.20. The molecule has 0 aromatic heterocycles. The first-order valence-corrected chi connectivity index (χ1v) is 2.31. The van der Waals surface area contributed by atoms with Crippen LogP contribution in [0.2, 0.25) is 0 Å². The average Bonchev–Trinajstić information content (AvgIpc) is 2.36. The molecule has 0 amide bonds. The van der Waals surface area contributed by atoms with Crippen molar-refractivity contribution >= 4 is 0 Å². The van der Waals surface area contributed by atoms with Crippen LogP contribution in [-0.4, -0.2) is 6.18 Å². The second-order valence-electron chi connectivity index (χ2n) is 2.15. The Labute approximate surface area is 48.5 Å². The maximum absolute atomic E-state index is 11.9. The van der Waals surface area contributed by atoms with Gasteiger partial charge in [0.25, 0.3) is 0 Å². The van der Waals surface area contributed by atoms with Crippen LogP contribution in [0.25, 0.3) is 0 Å². The molecule has 0 spiro atoms. The van der Waals surface area contributed by atoms with Crippen LogP contribution < -0.4 is 0 Å². The van der Waals surface area contributed by atoms with Gasteiger partial charge in [-0.3, -0.25) is 0 Å². The highest BCUT2D eigenvalue weighted by atomic mass is 19.4. The smallest absolute Gasteiger partial charge is 0.171 e. The monoisotopic (exact) mass is 126 g/mol. The largest absolute Gasteiger partial charge is 0.394 e. The van der Waals surface area contributed by atoms with Crippen LogP contribution in [0.5, 0.6) is 0 Å². The van der Waals surface area contributed by atoms with E-state index in [0.717, 1.165) is 0 Å². The summed E-state index contributed by atoms with van der Waals surface area (Å²) in [4.78, 5) is 0. The van der Waals surface area contributed by atoms with Gasteiger partial charge in [-0.1, -0.05) is 6.88 Å². The molecule has 1 rings (SSSR count). The molecular formula is C5H7F3. The lowest BCUT2D eigenvalue weighted by Gasteiger charge is -2.11. The van der Waals surface area contributed by atoms with Gasteiger partial charge in [0.05, 0.1) is 5.41 Å². The van der Waals surface area contributed by atoms with Crippen LogP contribution in [-0.2, 0) is 0 Å². The van der Waals surface area contributed by atoms with E-state index in [-0.39, 0.29) is 12.8 Å². The van der Waals surface area contributed by atoms with Crippen LogP contribution >= 0.6 is 0 Å². The molecule has 0 bridgehead atoms. The highest BCUT2D eigenvalue weighted by Crippen LogP contribution is 2.56. The lowest BCUT2D eigenvalue weighted by atomic mass is 10.1. The van der Waals surface area contributed by atoms with Crippen molar-refractivity contribution in [3.05, 3.63) is 0 Å². The minimum Gasteiger partial charge on any atom is -0.171 e. The summed E-state index contributed by atoms with van der Waals surface area (Å²) in [5.41, 5.74) is -1.98. The van der Waals surface area contributed by atoms with Crippen LogP contribution in [0.3, 0.4) is 0 Å². The van der Waals surface area contributed by atoms with Gasteiger partial charge in [0.2, 0.25) is 0 Å². The van der Waals surface area contributed by atoms with Gasteiger partial charge in [-0.05, 0) is 12.8 Å². The molecule has 0 saturated heterocycles. The molecule has 0 atom stereocenters. The fourth-order valence-electron chi connectivity index (χ4n) is 0.418. The second-order valence-corrected chi connectivity index (χ2v) is 2.15. The zero-order valence-electron chi connectivity index (χ0n) is 6.13. The molecule has 1 saturated carbocycles. The first kappa shape index (κ1) is 3.75. The normalized spacial score (nSPS) is 29.5. The number of rotatable bonds is 0. The maximum Gasteiger partial charge on any atom is 0.394 e. The summed E-state index contributed by atoms with van der Waals surface area (Å²) in [6.07, 6.45) is -4.44. The molecule has 0 aromatic rings. The summed E-state index contributed by atoms with van der Waals surface area (Å²) in [5.74, 6) is 0. The van der Waals surface area contributed by atoms with Gasteiger partial charge >= 0.3 is 6.18 Å². The summed E-state index contributed by atoms with van der Waals surface area (Å²) < 4.78 is 49.0. The van der Waals surface area contributed by atoms with E-state index >= 15 is 0 Å². The van der Waals surface area contributed by atoms with E-state index in [1.54, 1.807) is 0 Å². The highest BCUT2D eigenvalue weighted by Gasteiger charge is 2.59. The van der Waals surface area contributed by atoms with Crippen molar-refractivity contribution in [3.8, 4) is 0 Å². The Morgan fingerprint density at radius 2 is 2.00 bits per heavy atom. The number of hydrogen-bond donors (Lipinski definition) is 0. The van der Waals surface area contributed by atoms with E-state index in [1.165, 1.54) is 0 Å². The molecule has 0 N–H and O–H groups in total. The standard InChI is InChI=1S/C5H7F3/c1-4(2-3-4)5(6,7)8/h2-3H2,1H3/i1D2. The number of halogens is 3. The minimum absolute atomic E-state index is 0.0475.